The van der Waals surface area contributed by atoms with E-state index in [2.05, 4.69) is 4.72 Å². The Morgan fingerprint density at radius 1 is 0.966 bits per heavy atom. The highest BCUT2D eigenvalue weighted by atomic mass is 35.5. The Hall–Kier alpha value is -2.44. The van der Waals surface area contributed by atoms with Crippen molar-refractivity contribution in [1.29, 1.82) is 0 Å². The van der Waals surface area contributed by atoms with E-state index in [4.69, 9.17) is 11.6 Å². The van der Waals surface area contributed by atoms with Crippen molar-refractivity contribution in [2.45, 2.75) is 24.9 Å². The van der Waals surface area contributed by atoms with Gasteiger partial charge in [0.15, 0.2) is 0 Å². The van der Waals surface area contributed by atoms with E-state index >= 15 is 0 Å². The van der Waals surface area contributed by atoms with Gasteiger partial charge in [0.1, 0.15) is 6.29 Å². The first-order valence-corrected chi connectivity index (χ1v) is 9.77. The third kappa shape index (κ3) is 7.15. The number of halogens is 4. The summed E-state index contributed by atoms with van der Waals surface area (Å²) in [7, 11) is 0. The first-order valence-electron chi connectivity index (χ1n) is 8.58. The van der Waals surface area contributed by atoms with E-state index < -0.39 is 11.7 Å². The molecule has 0 fully saturated rings. The average molecular weight is 438 g/mol. The summed E-state index contributed by atoms with van der Waals surface area (Å²) in [5, 5.41) is -0.293. The van der Waals surface area contributed by atoms with Crippen LogP contribution in [0.2, 0.25) is 5.02 Å². The van der Waals surface area contributed by atoms with Crippen molar-refractivity contribution < 1.29 is 18.0 Å². The summed E-state index contributed by atoms with van der Waals surface area (Å²) >= 11 is 6.71. The number of nitrogens with one attached hydrogen (secondary N) is 1. The normalized spacial score (nSPS) is 10.7. The molecule has 29 heavy (non-hydrogen) atoms. The van der Waals surface area contributed by atoms with Gasteiger partial charge < -0.3 is 4.72 Å². The molecular weight excluding hydrogens is 419 g/mol. The summed E-state index contributed by atoms with van der Waals surface area (Å²) in [6.45, 7) is 3.93. The van der Waals surface area contributed by atoms with Crippen LogP contribution in [0.15, 0.2) is 71.6 Å². The highest BCUT2D eigenvalue weighted by Crippen LogP contribution is 2.37. The van der Waals surface area contributed by atoms with Gasteiger partial charge in [-0.3, -0.25) is 4.79 Å². The highest BCUT2D eigenvalue weighted by Gasteiger charge is 2.33. The Morgan fingerprint density at radius 3 is 2.21 bits per heavy atom. The second kappa shape index (κ2) is 10.4. The fourth-order valence-corrected chi connectivity index (χ4v) is 3.35. The maximum absolute atomic E-state index is 12.8. The van der Waals surface area contributed by atoms with Gasteiger partial charge in [-0.2, -0.15) is 13.2 Å². The van der Waals surface area contributed by atoms with Gasteiger partial charge in [0.05, 0.1) is 10.6 Å². The number of rotatable bonds is 4. The SMILES string of the molecule is Cc1ccc(NSc2ccc(Cl)c(C(F)(F)F)c2)c(C)c1.O=Cc1ccccc1. The molecule has 3 rings (SSSR count). The van der Waals surface area contributed by atoms with E-state index in [-0.39, 0.29) is 5.02 Å². The van der Waals surface area contributed by atoms with Crippen LogP contribution in [0.5, 0.6) is 0 Å². The lowest BCUT2D eigenvalue weighted by molar-refractivity contribution is -0.137. The molecule has 0 saturated heterocycles. The second-order valence-corrected chi connectivity index (χ2v) is 7.48. The predicted octanol–water partition coefficient (Wildman–Crippen LogP) is 7.59. The lowest BCUT2D eigenvalue weighted by Crippen LogP contribution is -2.06. The Labute approximate surface area is 177 Å². The van der Waals surface area contributed by atoms with Crippen LogP contribution in [-0.4, -0.2) is 6.29 Å². The number of carbonyl (C=O) groups excluding carboxylic acids is 1. The molecule has 7 heteroatoms. The summed E-state index contributed by atoms with van der Waals surface area (Å²) in [6.07, 6.45) is -3.62. The van der Waals surface area contributed by atoms with E-state index in [1.807, 2.05) is 50.2 Å². The van der Waals surface area contributed by atoms with Crippen LogP contribution in [0, 0.1) is 13.8 Å². The Morgan fingerprint density at radius 2 is 1.66 bits per heavy atom. The molecule has 0 aromatic heterocycles. The monoisotopic (exact) mass is 437 g/mol. The van der Waals surface area contributed by atoms with Crippen LogP contribution in [0.25, 0.3) is 0 Å². The fraction of sp³-hybridized carbons (Fsp3) is 0.136. The van der Waals surface area contributed by atoms with Crippen molar-refractivity contribution >= 4 is 35.5 Å². The number of aryl methyl sites for hydroxylation is 2. The van der Waals surface area contributed by atoms with Crippen LogP contribution in [0.1, 0.15) is 27.0 Å². The van der Waals surface area contributed by atoms with Gasteiger partial charge in [0.25, 0.3) is 0 Å². The van der Waals surface area contributed by atoms with Gasteiger partial charge in [-0.05, 0) is 55.6 Å². The van der Waals surface area contributed by atoms with Crippen molar-refractivity contribution in [3.05, 3.63) is 94.0 Å². The summed E-state index contributed by atoms with van der Waals surface area (Å²) < 4.78 is 41.4. The lowest BCUT2D eigenvalue weighted by Gasteiger charge is -2.12. The van der Waals surface area contributed by atoms with Gasteiger partial charge in [0.2, 0.25) is 0 Å². The third-order valence-electron chi connectivity index (χ3n) is 3.84. The molecule has 2 nitrogen and oxygen atoms in total. The molecule has 0 saturated carbocycles. The molecule has 0 radical (unpaired) electrons. The Balaban J connectivity index is 0.000000313. The van der Waals surface area contributed by atoms with E-state index in [0.717, 1.165) is 46.7 Å². The number of hydrogen-bond donors (Lipinski definition) is 1. The quantitative estimate of drug-likeness (QED) is 0.336. The van der Waals surface area contributed by atoms with E-state index in [1.165, 1.54) is 6.07 Å². The summed E-state index contributed by atoms with van der Waals surface area (Å²) in [5.41, 5.74) is 2.94. The number of hydrogen-bond acceptors (Lipinski definition) is 3. The first kappa shape index (κ1) is 22.8. The molecule has 0 bridgehead atoms. The summed E-state index contributed by atoms with van der Waals surface area (Å²) in [4.78, 5) is 10.5. The predicted molar refractivity (Wildman–Crippen MR) is 114 cm³/mol. The topological polar surface area (TPSA) is 29.1 Å². The van der Waals surface area contributed by atoms with Crippen LogP contribution in [0.3, 0.4) is 0 Å². The zero-order valence-electron chi connectivity index (χ0n) is 15.8. The number of aldehydes is 1. The molecule has 152 valence electrons. The number of carbonyl (C=O) groups is 1. The zero-order valence-corrected chi connectivity index (χ0v) is 17.3. The molecule has 0 unspecified atom stereocenters. The van der Waals surface area contributed by atoms with Gasteiger partial charge >= 0.3 is 6.18 Å². The molecule has 0 aliphatic carbocycles. The molecule has 0 aliphatic heterocycles. The molecular formula is C22H19ClF3NOS. The number of anilines is 1. The summed E-state index contributed by atoms with van der Waals surface area (Å²) in [5.74, 6) is 0. The minimum atomic E-state index is -4.45. The summed E-state index contributed by atoms with van der Waals surface area (Å²) in [6, 6.07) is 18.8. The molecule has 0 atom stereocenters. The molecule has 0 spiro atoms. The lowest BCUT2D eigenvalue weighted by atomic mass is 10.1. The first-order chi connectivity index (χ1) is 13.7. The molecule has 0 amide bonds. The smallest absolute Gasteiger partial charge is 0.325 e. The van der Waals surface area contributed by atoms with Crippen LogP contribution >= 0.6 is 23.5 Å². The van der Waals surface area contributed by atoms with E-state index in [1.54, 1.807) is 18.2 Å². The Bertz CT molecular complexity index is 962. The third-order valence-corrected chi connectivity index (χ3v) is 4.98. The Kier molecular flexibility index (Phi) is 8.17. The van der Waals surface area contributed by atoms with Crippen molar-refractivity contribution in [2.24, 2.45) is 0 Å². The minimum Gasteiger partial charge on any atom is -0.325 e. The molecule has 0 aliphatic rings. The number of benzene rings is 3. The maximum atomic E-state index is 12.8. The van der Waals surface area contributed by atoms with Crippen LogP contribution < -0.4 is 4.72 Å². The molecule has 3 aromatic rings. The van der Waals surface area contributed by atoms with Gasteiger partial charge in [0, 0.05) is 16.1 Å². The van der Waals surface area contributed by atoms with Crippen molar-refractivity contribution in [2.75, 3.05) is 4.72 Å². The molecule has 1 N–H and O–H groups in total. The van der Waals surface area contributed by atoms with E-state index in [9.17, 15) is 18.0 Å². The fourth-order valence-electron chi connectivity index (χ4n) is 2.36. The van der Waals surface area contributed by atoms with Gasteiger partial charge in [-0.25, -0.2) is 0 Å². The van der Waals surface area contributed by atoms with Crippen LogP contribution in [-0.2, 0) is 6.18 Å². The van der Waals surface area contributed by atoms with Crippen molar-refractivity contribution in [3.63, 3.8) is 0 Å². The van der Waals surface area contributed by atoms with Crippen molar-refractivity contribution in [3.8, 4) is 0 Å². The largest absolute Gasteiger partial charge is 0.417 e. The van der Waals surface area contributed by atoms with Gasteiger partial charge in [-0.15, -0.1) is 0 Å². The second-order valence-electron chi connectivity index (χ2n) is 6.19. The molecule has 3 aromatic carbocycles. The highest BCUT2D eigenvalue weighted by molar-refractivity contribution is 8.00. The average Bonchev–Trinajstić information content (AvgIpc) is 2.68. The van der Waals surface area contributed by atoms with Gasteiger partial charge in [-0.1, -0.05) is 59.6 Å². The number of alkyl halides is 3. The maximum Gasteiger partial charge on any atom is 0.417 e. The minimum absolute atomic E-state index is 0.293. The van der Waals surface area contributed by atoms with Crippen LogP contribution in [0.4, 0.5) is 18.9 Å². The van der Waals surface area contributed by atoms with Crippen molar-refractivity contribution in [1.82, 2.24) is 0 Å². The van der Waals surface area contributed by atoms with E-state index in [0.29, 0.717) is 4.90 Å². The molecule has 0 heterocycles. The standard InChI is InChI=1S/C15H13ClF3NS.C7H6O/c1-9-3-6-14(10(2)7-9)20-21-11-4-5-13(16)12(8-11)15(17,18)19;8-6-7-4-2-1-3-5-7/h3-8,20H,1-2H3;1-6H. The zero-order chi connectivity index (χ0) is 21.4.